The zero-order chi connectivity index (χ0) is 25.3. The molecule has 2 N–H and O–H groups in total. The maximum Gasteiger partial charge on any atom is 0.416 e. The molecule has 0 aliphatic heterocycles. The van der Waals surface area contributed by atoms with Gasteiger partial charge >= 0.3 is 6.18 Å². The Balaban J connectivity index is 1.51. The SMILES string of the molecule is O=C(Nc1cccc(-c2ccc(=O)[nH]n2)c1)c1cnn(-c2cccc(C(F)(F)F)c2)c1-n1cccc1. The van der Waals surface area contributed by atoms with Gasteiger partial charge in [-0.25, -0.2) is 9.78 Å². The summed E-state index contributed by atoms with van der Waals surface area (Å²) in [6.45, 7) is 0. The lowest BCUT2D eigenvalue weighted by Crippen LogP contribution is -2.15. The van der Waals surface area contributed by atoms with Gasteiger partial charge in [0.25, 0.3) is 11.5 Å². The van der Waals surface area contributed by atoms with Crippen LogP contribution < -0.4 is 10.9 Å². The van der Waals surface area contributed by atoms with Gasteiger partial charge in [-0.15, -0.1) is 0 Å². The predicted molar refractivity (Wildman–Crippen MR) is 126 cm³/mol. The van der Waals surface area contributed by atoms with Crippen LogP contribution in [0.25, 0.3) is 22.8 Å². The summed E-state index contributed by atoms with van der Waals surface area (Å²) in [5.74, 6) is -0.237. The quantitative estimate of drug-likeness (QED) is 0.374. The average Bonchev–Trinajstić information content (AvgIpc) is 3.54. The number of anilines is 1. The summed E-state index contributed by atoms with van der Waals surface area (Å²) in [5, 5.41) is 13.4. The number of carbonyl (C=O) groups is 1. The van der Waals surface area contributed by atoms with Gasteiger partial charge in [-0.2, -0.15) is 23.4 Å². The first-order chi connectivity index (χ1) is 17.3. The molecule has 3 heterocycles. The first kappa shape index (κ1) is 22.8. The van der Waals surface area contributed by atoms with Crippen LogP contribution in [0.4, 0.5) is 18.9 Å². The Morgan fingerprint density at radius 3 is 2.44 bits per heavy atom. The molecule has 1 amide bonds. The molecule has 11 heteroatoms. The molecule has 0 aliphatic rings. The molecule has 3 aromatic heterocycles. The maximum absolute atomic E-state index is 13.3. The summed E-state index contributed by atoms with van der Waals surface area (Å²) >= 11 is 0. The van der Waals surface area contributed by atoms with Crippen molar-refractivity contribution in [3.8, 4) is 22.8 Å². The highest BCUT2D eigenvalue weighted by Gasteiger charge is 2.31. The fraction of sp³-hybridized carbons (Fsp3) is 0.0400. The first-order valence-electron chi connectivity index (χ1n) is 10.7. The number of hydrogen-bond donors (Lipinski definition) is 2. The number of amides is 1. The molecule has 180 valence electrons. The lowest BCUT2D eigenvalue weighted by Gasteiger charge is -2.13. The smallest absolute Gasteiger partial charge is 0.322 e. The maximum atomic E-state index is 13.3. The van der Waals surface area contributed by atoms with Gasteiger partial charge in [0.15, 0.2) is 5.82 Å². The number of rotatable bonds is 5. The molecular formula is C25H17F3N6O2. The number of aromatic nitrogens is 5. The Bertz CT molecular complexity index is 1580. The third-order valence-electron chi connectivity index (χ3n) is 5.35. The molecule has 0 fully saturated rings. The zero-order valence-electron chi connectivity index (χ0n) is 18.4. The van der Waals surface area contributed by atoms with Crippen molar-refractivity contribution in [1.82, 2.24) is 24.5 Å². The molecule has 0 bridgehead atoms. The Hall–Kier alpha value is -4.93. The molecule has 36 heavy (non-hydrogen) atoms. The van der Waals surface area contributed by atoms with Crippen LogP contribution in [0.2, 0.25) is 0 Å². The second-order valence-corrected chi connectivity index (χ2v) is 7.77. The Kier molecular flexibility index (Phi) is 5.72. The van der Waals surface area contributed by atoms with Crippen molar-refractivity contribution in [3.63, 3.8) is 0 Å². The van der Waals surface area contributed by atoms with Crippen LogP contribution >= 0.6 is 0 Å². The number of H-pyrrole nitrogens is 1. The summed E-state index contributed by atoms with van der Waals surface area (Å²) in [7, 11) is 0. The van der Waals surface area contributed by atoms with E-state index in [0.29, 0.717) is 16.9 Å². The Labute approximate surface area is 201 Å². The first-order valence-corrected chi connectivity index (χ1v) is 10.7. The van der Waals surface area contributed by atoms with E-state index in [1.807, 2.05) is 0 Å². The Morgan fingerprint density at radius 1 is 0.944 bits per heavy atom. The highest BCUT2D eigenvalue weighted by Crippen LogP contribution is 2.31. The number of alkyl halides is 3. The molecule has 8 nitrogen and oxygen atoms in total. The summed E-state index contributed by atoms with van der Waals surface area (Å²) < 4.78 is 42.7. The van der Waals surface area contributed by atoms with Gasteiger partial charge in [0.2, 0.25) is 0 Å². The van der Waals surface area contributed by atoms with Crippen LogP contribution in [0.3, 0.4) is 0 Å². The van der Waals surface area contributed by atoms with Crippen LogP contribution in [0.5, 0.6) is 0 Å². The van der Waals surface area contributed by atoms with Gasteiger partial charge < -0.3 is 9.88 Å². The van der Waals surface area contributed by atoms with Crippen molar-refractivity contribution in [1.29, 1.82) is 0 Å². The zero-order valence-corrected chi connectivity index (χ0v) is 18.4. The van der Waals surface area contributed by atoms with Crippen molar-refractivity contribution >= 4 is 11.6 Å². The molecule has 0 atom stereocenters. The second kappa shape index (κ2) is 9.02. The van der Waals surface area contributed by atoms with Gasteiger partial charge in [-0.3, -0.25) is 9.59 Å². The minimum absolute atomic E-state index is 0.149. The topological polar surface area (TPSA) is 97.6 Å². The number of nitrogens with one attached hydrogen (secondary N) is 2. The molecule has 0 aliphatic carbocycles. The lowest BCUT2D eigenvalue weighted by atomic mass is 10.1. The number of halogens is 3. The highest BCUT2D eigenvalue weighted by molar-refractivity contribution is 6.06. The van der Waals surface area contributed by atoms with E-state index in [4.69, 9.17) is 0 Å². The van der Waals surface area contributed by atoms with Crippen LogP contribution in [-0.2, 0) is 6.18 Å². The summed E-state index contributed by atoms with van der Waals surface area (Å²) in [5.41, 5.74) is 0.766. The standard InChI is InChI=1S/C25H17F3N6O2/c26-25(27,28)17-6-4-8-19(14-17)34-24(33-11-1-2-12-33)20(15-29-34)23(36)30-18-7-3-5-16(13-18)21-9-10-22(35)32-31-21/h1-15H,(H,30,36)(H,32,35). The van der Waals surface area contributed by atoms with Crippen LogP contribution in [0.15, 0.2) is 96.2 Å². The van der Waals surface area contributed by atoms with E-state index in [-0.39, 0.29) is 22.6 Å². The van der Waals surface area contributed by atoms with E-state index < -0.39 is 17.6 Å². The van der Waals surface area contributed by atoms with Crippen LogP contribution in [0, 0.1) is 0 Å². The van der Waals surface area contributed by atoms with Gasteiger partial charge in [0, 0.05) is 29.7 Å². The normalized spacial score (nSPS) is 11.4. The number of carbonyl (C=O) groups excluding carboxylic acids is 1. The van der Waals surface area contributed by atoms with Gasteiger partial charge in [0.1, 0.15) is 5.56 Å². The lowest BCUT2D eigenvalue weighted by molar-refractivity contribution is -0.137. The number of benzene rings is 2. The summed E-state index contributed by atoms with van der Waals surface area (Å²) in [4.78, 5) is 24.6. The molecule has 2 aromatic carbocycles. The number of aromatic amines is 1. The van der Waals surface area contributed by atoms with Crippen molar-refractivity contribution < 1.29 is 18.0 Å². The molecular weight excluding hydrogens is 473 g/mol. The minimum atomic E-state index is -4.53. The van der Waals surface area contributed by atoms with Crippen LogP contribution in [-0.4, -0.2) is 30.5 Å². The summed E-state index contributed by atoms with van der Waals surface area (Å²) in [6.07, 6.45) is 0.113. The molecule has 5 rings (SSSR count). The van der Waals surface area contributed by atoms with Gasteiger partial charge in [0.05, 0.1) is 23.1 Å². The van der Waals surface area contributed by atoms with E-state index in [2.05, 4.69) is 20.6 Å². The van der Waals surface area contributed by atoms with E-state index >= 15 is 0 Å². The Morgan fingerprint density at radius 2 is 1.72 bits per heavy atom. The third kappa shape index (κ3) is 4.53. The number of nitrogens with zero attached hydrogens (tertiary/aromatic N) is 4. The molecule has 0 saturated heterocycles. The van der Waals surface area contributed by atoms with E-state index in [0.717, 1.165) is 12.1 Å². The minimum Gasteiger partial charge on any atom is -0.322 e. The van der Waals surface area contributed by atoms with Gasteiger partial charge in [-0.05, 0) is 48.5 Å². The predicted octanol–water partition coefficient (Wildman–Crippen LogP) is 4.68. The van der Waals surface area contributed by atoms with Crippen molar-refractivity contribution in [2.45, 2.75) is 6.18 Å². The van der Waals surface area contributed by atoms with E-state index in [1.165, 1.54) is 29.1 Å². The van der Waals surface area contributed by atoms with E-state index in [9.17, 15) is 22.8 Å². The van der Waals surface area contributed by atoms with Crippen molar-refractivity contribution in [2.75, 3.05) is 5.32 Å². The van der Waals surface area contributed by atoms with Crippen LogP contribution in [0.1, 0.15) is 15.9 Å². The summed E-state index contributed by atoms with van der Waals surface area (Å²) in [6, 6.07) is 17.9. The highest BCUT2D eigenvalue weighted by atomic mass is 19.4. The molecule has 5 aromatic rings. The fourth-order valence-electron chi connectivity index (χ4n) is 3.69. The molecule has 0 spiro atoms. The third-order valence-corrected chi connectivity index (χ3v) is 5.35. The molecule has 0 saturated carbocycles. The molecule has 0 unspecified atom stereocenters. The second-order valence-electron chi connectivity index (χ2n) is 7.77. The van der Waals surface area contributed by atoms with Gasteiger partial charge in [-0.1, -0.05) is 18.2 Å². The molecule has 0 radical (unpaired) electrons. The average molecular weight is 490 g/mol. The monoisotopic (exact) mass is 490 g/mol. The fourth-order valence-corrected chi connectivity index (χ4v) is 3.69. The largest absolute Gasteiger partial charge is 0.416 e. The van der Waals surface area contributed by atoms with E-state index in [1.54, 1.807) is 59.4 Å². The van der Waals surface area contributed by atoms with Crippen molar-refractivity contribution in [3.05, 3.63) is 113 Å². The number of hydrogen-bond acceptors (Lipinski definition) is 4. The van der Waals surface area contributed by atoms with Crippen molar-refractivity contribution in [2.24, 2.45) is 0 Å².